The fourth-order valence-corrected chi connectivity index (χ4v) is 1.89. The summed E-state index contributed by atoms with van der Waals surface area (Å²) in [6, 6.07) is 1.58. The smallest absolute Gasteiger partial charge is 0.267 e. The third kappa shape index (κ3) is 3.82. The first kappa shape index (κ1) is 14.5. The quantitative estimate of drug-likeness (QED) is 0.794. The Hall–Kier alpha value is -1.86. The van der Waals surface area contributed by atoms with Gasteiger partial charge in [0.25, 0.3) is 5.91 Å². The van der Waals surface area contributed by atoms with Gasteiger partial charge in [-0.25, -0.2) is 0 Å². The van der Waals surface area contributed by atoms with Crippen LogP contribution >= 0.6 is 11.6 Å². The Bertz CT molecular complexity index is 566. The monoisotopic (exact) mass is 297 g/mol. The number of aromatic amines is 1. The zero-order valence-electron chi connectivity index (χ0n) is 11.1. The van der Waals surface area contributed by atoms with E-state index in [1.165, 1.54) is 0 Å². The van der Waals surface area contributed by atoms with E-state index in [-0.39, 0.29) is 5.91 Å². The zero-order valence-corrected chi connectivity index (χ0v) is 11.9. The lowest BCUT2D eigenvalue weighted by atomic mass is 10.3. The highest BCUT2D eigenvalue weighted by atomic mass is 35.5. The molecule has 2 aromatic heterocycles. The number of carbonyl (C=O) groups is 1. The van der Waals surface area contributed by atoms with Crippen LogP contribution in [0.5, 0.6) is 0 Å². The number of hydrogen-bond donors (Lipinski definition) is 2. The van der Waals surface area contributed by atoms with Gasteiger partial charge in [0.05, 0.1) is 11.6 Å². The molecule has 0 aromatic carbocycles. The number of hydrogen-bond acceptors (Lipinski definition) is 4. The van der Waals surface area contributed by atoms with Crippen molar-refractivity contribution in [1.29, 1.82) is 0 Å². The maximum absolute atomic E-state index is 11.8. The van der Waals surface area contributed by atoms with Crippen molar-refractivity contribution in [3.63, 3.8) is 0 Å². The molecular weight excluding hydrogens is 282 g/mol. The van der Waals surface area contributed by atoms with E-state index >= 15 is 0 Å². The van der Waals surface area contributed by atoms with Gasteiger partial charge >= 0.3 is 0 Å². The number of aromatic nitrogens is 4. The molecule has 1 amide bonds. The molecule has 0 aliphatic rings. The van der Waals surface area contributed by atoms with Gasteiger partial charge in [-0.3, -0.25) is 4.79 Å². The van der Waals surface area contributed by atoms with Crippen LogP contribution in [0.15, 0.2) is 18.6 Å². The van der Waals surface area contributed by atoms with Crippen LogP contribution < -0.4 is 5.32 Å². The number of ether oxygens (including phenoxy) is 1. The summed E-state index contributed by atoms with van der Waals surface area (Å²) in [6.07, 6.45) is 3.82. The molecule has 108 valence electrons. The van der Waals surface area contributed by atoms with Crippen molar-refractivity contribution in [2.45, 2.75) is 13.0 Å². The van der Waals surface area contributed by atoms with Gasteiger partial charge in [-0.2, -0.15) is 0 Å². The van der Waals surface area contributed by atoms with Crippen LogP contribution in [0.2, 0.25) is 5.02 Å². The van der Waals surface area contributed by atoms with Gasteiger partial charge in [0.2, 0.25) is 0 Å². The minimum atomic E-state index is -0.195. The van der Waals surface area contributed by atoms with Gasteiger partial charge in [-0.15, -0.1) is 10.2 Å². The van der Waals surface area contributed by atoms with Crippen molar-refractivity contribution in [1.82, 2.24) is 25.1 Å². The zero-order chi connectivity index (χ0) is 14.4. The Labute approximate surface area is 121 Å². The molecule has 0 fully saturated rings. The first-order valence-corrected chi connectivity index (χ1v) is 6.56. The molecule has 0 radical (unpaired) electrons. The van der Waals surface area contributed by atoms with Crippen LogP contribution in [0.1, 0.15) is 16.3 Å². The van der Waals surface area contributed by atoms with E-state index in [4.69, 9.17) is 16.3 Å². The molecule has 0 saturated carbocycles. The number of nitrogens with one attached hydrogen (secondary N) is 2. The second kappa shape index (κ2) is 7.06. The molecule has 8 heteroatoms. The molecule has 0 saturated heterocycles. The number of carbonyl (C=O) groups excluding carboxylic acids is 1. The van der Waals surface area contributed by atoms with E-state index in [9.17, 15) is 4.79 Å². The van der Waals surface area contributed by atoms with Crippen LogP contribution in [0.4, 0.5) is 0 Å². The number of H-pyrrole nitrogens is 1. The highest BCUT2D eigenvalue weighted by molar-refractivity contribution is 6.30. The van der Waals surface area contributed by atoms with Crippen LogP contribution in [0.25, 0.3) is 0 Å². The van der Waals surface area contributed by atoms with Crippen LogP contribution in [-0.4, -0.2) is 45.9 Å². The Kier molecular flexibility index (Phi) is 5.14. The second-order valence-corrected chi connectivity index (χ2v) is 4.61. The molecule has 20 heavy (non-hydrogen) atoms. The van der Waals surface area contributed by atoms with Gasteiger partial charge < -0.3 is 19.6 Å². The van der Waals surface area contributed by atoms with Crippen molar-refractivity contribution >= 4 is 17.5 Å². The minimum Gasteiger partial charge on any atom is -0.383 e. The van der Waals surface area contributed by atoms with Crippen molar-refractivity contribution in [3.8, 4) is 0 Å². The number of rotatable bonds is 7. The summed E-state index contributed by atoms with van der Waals surface area (Å²) < 4.78 is 6.91. The van der Waals surface area contributed by atoms with E-state index in [1.807, 2.05) is 4.57 Å². The van der Waals surface area contributed by atoms with Gasteiger partial charge in [-0.1, -0.05) is 11.6 Å². The van der Waals surface area contributed by atoms with Gasteiger partial charge in [-0.05, 0) is 6.07 Å². The van der Waals surface area contributed by atoms with Crippen LogP contribution in [-0.2, 0) is 17.7 Å². The summed E-state index contributed by atoms with van der Waals surface area (Å²) in [5.74, 6) is 0.617. The lowest BCUT2D eigenvalue weighted by Gasteiger charge is -2.06. The summed E-state index contributed by atoms with van der Waals surface area (Å²) in [7, 11) is 1.64. The molecule has 2 heterocycles. The van der Waals surface area contributed by atoms with Crippen molar-refractivity contribution in [2.75, 3.05) is 20.3 Å². The minimum absolute atomic E-state index is 0.195. The van der Waals surface area contributed by atoms with Gasteiger partial charge in [0, 0.05) is 32.8 Å². The Balaban J connectivity index is 1.81. The third-order valence-corrected chi connectivity index (χ3v) is 2.98. The molecule has 0 aliphatic heterocycles. The predicted octanol–water partition coefficient (Wildman–Crippen LogP) is 0.878. The molecule has 7 nitrogen and oxygen atoms in total. The SMILES string of the molecule is COCCn1cnnc1CCNC(=O)c1cc(Cl)c[nH]1. The normalized spacial score (nSPS) is 10.7. The number of amides is 1. The topological polar surface area (TPSA) is 84.8 Å². The molecule has 2 N–H and O–H groups in total. The van der Waals surface area contributed by atoms with E-state index in [0.717, 1.165) is 5.82 Å². The predicted molar refractivity (Wildman–Crippen MR) is 73.7 cm³/mol. The fraction of sp³-hybridized carbons (Fsp3) is 0.417. The Morgan fingerprint density at radius 1 is 1.60 bits per heavy atom. The van der Waals surface area contributed by atoms with E-state index in [2.05, 4.69) is 20.5 Å². The standard InChI is InChI=1S/C12H16ClN5O2/c1-20-5-4-18-8-16-17-11(18)2-3-14-12(19)10-6-9(13)7-15-10/h6-8,15H,2-5H2,1H3,(H,14,19). The van der Waals surface area contributed by atoms with Crippen LogP contribution in [0, 0.1) is 0 Å². The number of methoxy groups -OCH3 is 1. The molecule has 0 unspecified atom stereocenters. The first-order chi connectivity index (χ1) is 9.70. The second-order valence-electron chi connectivity index (χ2n) is 4.17. The largest absolute Gasteiger partial charge is 0.383 e. The molecule has 2 aromatic rings. The molecule has 0 spiro atoms. The summed E-state index contributed by atoms with van der Waals surface area (Å²) in [6.45, 7) is 1.76. The first-order valence-electron chi connectivity index (χ1n) is 6.18. The molecule has 0 bridgehead atoms. The average Bonchev–Trinajstić information content (AvgIpc) is 3.05. The molecule has 0 atom stereocenters. The highest BCUT2D eigenvalue weighted by Crippen LogP contribution is 2.09. The maximum atomic E-state index is 11.8. The highest BCUT2D eigenvalue weighted by Gasteiger charge is 2.09. The third-order valence-electron chi connectivity index (χ3n) is 2.76. The fourth-order valence-electron chi connectivity index (χ4n) is 1.73. The van der Waals surface area contributed by atoms with Crippen LogP contribution in [0.3, 0.4) is 0 Å². The van der Waals surface area contributed by atoms with E-state index < -0.39 is 0 Å². The lowest BCUT2D eigenvalue weighted by Crippen LogP contribution is -2.26. The van der Waals surface area contributed by atoms with Crippen molar-refractivity contribution in [3.05, 3.63) is 35.1 Å². The average molecular weight is 298 g/mol. The Morgan fingerprint density at radius 2 is 2.45 bits per heavy atom. The molecule has 2 rings (SSSR count). The lowest BCUT2D eigenvalue weighted by molar-refractivity contribution is 0.0949. The van der Waals surface area contributed by atoms with Gasteiger partial charge in [0.15, 0.2) is 0 Å². The van der Waals surface area contributed by atoms with E-state index in [0.29, 0.717) is 36.8 Å². The summed E-state index contributed by atoms with van der Waals surface area (Å²) in [5, 5.41) is 11.2. The molecular formula is C12H16ClN5O2. The summed E-state index contributed by atoms with van der Waals surface area (Å²) in [4.78, 5) is 14.6. The molecule has 0 aliphatic carbocycles. The summed E-state index contributed by atoms with van der Waals surface area (Å²) in [5.41, 5.74) is 0.441. The van der Waals surface area contributed by atoms with Crippen molar-refractivity contribution in [2.24, 2.45) is 0 Å². The summed E-state index contributed by atoms with van der Waals surface area (Å²) >= 11 is 5.74. The maximum Gasteiger partial charge on any atom is 0.267 e. The Morgan fingerprint density at radius 3 is 3.15 bits per heavy atom. The van der Waals surface area contributed by atoms with E-state index in [1.54, 1.807) is 25.7 Å². The number of halogens is 1. The van der Waals surface area contributed by atoms with Crippen molar-refractivity contribution < 1.29 is 9.53 Å². The number of nitrogens with zero attached hydrogens (tertiary/aromatic N) is 3. The van der Waals surface area contributed by atoms with Gasteiger partial charge in [0.1, 0.15) is 17.8 Å².